The lowest BCUT2D eigenvalue weighted by Gasteiger charge is -2.09. The van der Waals surface area contributed by atoms with Crippen molar-refractivity contribution in [2.75, 3.05) is 0 Å². The summed E-state index contributed by atoms with van der Waals surface area (Å²) in [6.07, 6.45) is 6.45. The van der Waals surface area contributed by atoms with Gasteiger partial charge in [-0.25, -0.2) is 4.98 Å². The van der Waals surface area contributed by atoms with Crippen molar-refractivity contribution in [3.8, 4) is 0 Å². The molecule has 0 amide bonds. The van der Waals surface area contributed by atoms with Crippen molar-refractivity contribution in [2.24, 2.45) is 5.73 Å². The number of nitrogens with two attached hydrogens (primary N) is 1. The molecule has 0 aromatic carbocycles. The van der Waals surface area contributed by atoms with Crippen LogP contribution in [0.5, 0.6) is 0 Å². The van der Waals surface area contributed by atoms with Crippen molar-refractivity contribution in [2.45, 2.75) is 25.9 Å². The van der Waals surface area contributed by atoms with Crippen LogP contribution in [0.4, 0.5) is 0 Å². The van der Waals surface area contributed by atoms with E-state index in [0.717, 1.165) is 18.8 Å². The van der Waals surface area contributed by atoms with E-state index in [1.807, 2.05) is 16.8 Å². The zero-order valence-electron chi connectivity index (χ0n) is 7.81. The molecule has 2 N–H and O–H groups in total. The van der Waals surface area contributed by atoms with E-state index in [1.54, 1.807) is 6.20 Å². The average Bonchev–Trinajstić information content (AvgIpc) is 2.52. The zero-order chi connectivity index (χ0) is 8.97. The fourth-order valence-corrected chi connectivity index (χ4v) is 1.13. The molecule has 0 radical (unpaired) electrons. The molecule has 1 unspecified atom stereocenters. The Morgan fingerprint density at radius 3 is 3.00 bits per heavy atom. The largest absolute Gasteiger partial charge is 0.330 e. The maximum atomic E-state index is 5.85. The lowest BCUT2D eigenvalue weighted by molar-refractivity contribution is 0.602. The van der Waals surface area contributed by atoms with Gasteiger partial charge in [-0.05, 0) is 6.42 Å². The van der Waals surface area contributed by atoms with Crippen LogP contribution in [0, 0.1) is 0 Å². The van der Waals surface area contributed by atoms with Gasteiger partial charge in [-0.2, -0.15) is 0 Å². The normalized spacial score (nSPS) is 11.8. The molecule has 1 heterocycles. The zero-order valence-corrected chi connectivity index (χ0v) is 9.52. The first-order valence-corrected chi connectivity index (χ1v) is 4.17. The van der Waals surface area contributed by atoms with Crippen molar-refractivity contribution in [1.82, 2.24) is 9.55 Å². The number of imidazole rings is 1. The van der Waals surface area contributed by atoms with E-state index < -0.39 is 0 Å². The maximum Gasteiger partial charge on any atom is 0.125 e. The van der Waals surface area contributed by atoms with Crippen LogP contribution in [0.25, 0.3) is 0 Å². The molecule has 0 fully saturated rings. The fourth-order valence-electron chi connectivity index (χ4n) is 1.13. The third-order valence-electron chi connectivity index (χ3n) is 1.84. The third-order valence-corrected chi connectivity index (χ3v) is 1.84. The highest BCUT2D eigenvalue weighted by molar-refractivity contribution is 8.93. The Bertz CT molecular complexity index is 257. The molecule has 1 rings (SSSR count). The second-order valence-corrected chi connectivity index (χ2v) is 2.74. The Hall–Kier alpha value is -0.610. The van der Waals surface area contributed by atoms with E-state index in [4.69, 9.17) is 5.73 Å². The smallest absolute Gasteiger partial charge is 0.125 e. The van der Waals surface area contributed by atoms with Crippen LogP contribution in [-0.2, 0) is 6.54 Å². The van der Waals surface area contributed by atoms with Crippen molar-refractivity contribution in [3.63, 3.8) is 0 Å². The molecule has 0 saturated carbocycles. The van der Waals surface area contributed by atoms with Crippen molar-refractivity contribution < 1.29 is 0 Å². The van der Waals surface area contributed by atoms with Gasteiger partial charge in [-0.1, -0.05) is 13.0 Å². The van der Waals surface area contributed by atoms with Crippen molar-refractivity contribution >= 4 is 17.0 Å². The summed E-state index contributed by atoms with van der Waals surface area (Å²) >= 11 is 0. The quantitative estimate of drug-likeness (QED) is 0.826. The Morgan fingerprint density at radius 1 is 1.77 bits per heavy atom. The first-order chi connectivity index (χ1) is 5.79. The highest BCUT2D eigenvalue weighted by Gasteiger charge is 2.08. The monoisotopic (exact) mass is 245 g/mol. The minimum atomic E-state index is 0. The number of aromatic nitrogens is 2. The average molecular weight is 246 g/mol. The molecule has 13 heavy (non-hydrogen) atoms. The molecule has 0 bridgehead atoms. The summed E-state index contributed by atoms with van der Waals surface area (Å²) in [4.78, 5) is 4.20. The summed E-state index contributed by atoms with van der Waals surface area (Å²) in [6.45, 7) is 6.51. The minimum absolute atomic E-state index is 0. The van der Waals surface area contributed by atoms with Crippen LogP contribution in [0.3, 0.4) is 0 Å². The summed E-state index contributed by atoms with van der Waals surface area (Å²) in [5, 5.41) is 0. The summed E-state index contributed by atoms with van der Waals surface area (Å²) in [5.41, 5.74) is 5.85. The van der Waals surface area contributed by atoms with Crippen LogP contribution in [0.1, 0.15) is 25.2 Å². The molecule has 0 saturated heterocycles. The van der Waals surface area contributed by atoms with Crippen molar-refractivity contribution in [1.29, 1.82) is 0 Å². The van der Waals surface area contributed by atoms with Gasteiger partial charge in [-0.3, -0.25) is 0 Å². The van der Waals surface area contributed by atoms with Crippen LogP contribution in [0.15, 0.2) is 25.0 Å². The number of nitrogens with zero attached hydrogens (tertiary/aromatic N) is 2. The van der Waals surface area contributed by atoms with Crippen LogP contribution >= 0.6 is 17.0 Å². The SMILES string of the molecule is Br.C=CCn1ccnc1C(N)CC. The van der Waals surface area contributed by atoms with Crippen molar-refractivity contribution in [3.05, 3.63) is 30.9 Å². The van der Waals surface area contributed by atoms with E-state index in [2.05, 4.69) is 18.5 Å². The van der Waals surface area contributed by atoms with Crippen LogP contribution in [0.2, 0.25) is 0 Å². The van der Waals surface area contributed by atoms with E-state index in [-0.39, 0.29) is 23.0 Å². The van der Waals surface area contributed by atoms with Gasteiger partial charge in [0.15, 0.2) is 0 Å². The van der Waals surface area contributed by atoms with E-state index in [0.29, 0.717) is 0 Å². The van der Waals surface area contributed by atoms with E-state index in [1.165, 1.54) is 0 Å². The molecular formula is C9H16BrN3. The van der Waals surface area contributed by atoms with Gasteiger partial charge in [0.25, 0.3) is 0 Å². The molecule has 3 nitrogen and oxygen atoms in total. The first-order valence-electron chi connectivity index (χ1n) is 4.17. The van der Waals surface area contributed by atoms with Gasteiger partial charge >= 0.3 is 0 Å². The fraction of sp³-hybridized carbons (Fsp3) is 0.444. The summed E-state index contributed by atoms with van der Waals surface area (Å²) < 4.78 is 2.02. The highest BCUT2D eigenvalue weighted by atomic mass is 79.9. The highest BCUT2D eigenvalue weighted by Crippen LogP contribution is 2.10. The topological polar surface area (TPSA) is 43.8 Å². The lowest BCUT2D eigenvalue weighted by Crippen LogP contribution is -2.15. The molecule has 0 aliphatic rings. The van der Waals surface area contributed by atoms with Gasteiger partial charge in [0.2, 0.25) is 0 Å². The van der Waals surface area contributed by atoms with Gasteiger partial charge in [0.1, 0.15) is 5.82 Å². The molecule has 0 aliphatic carbocycles. The standard InChI is InChI=1S/C9H15N3.BrH/c1-3-6-12-7-5-11-9(12)8(10)4-2;/h3,5,7-8H,1,4,6,10H2,2H3;1H. The Balaban J connectivity index is 0.00000144. The Morgan fingerprint density at radius 2 is 2.46 bits per heavy atom. The molecule has 0 spiro atoms. The molecule has 74 valence electrons. The van der Waals surface area contributed by atoms with Gasteiger partial charge in [0.05, 0.1) is 6.04 Å². The van der Waals surface area contributed by atoms with E-state index >= 15 is 0 Å². The number of hydrogen-bond donors (Lipinski definition) is 1. The van der Waals surface area contributed by atoms with Crippen LogP contribution < -0.4 is 5.73 Å². The molecule has 1 aromatic heterocycles. The number of allylic oxidation sites excluding steroid dienone is 1. The first kappa shape index (κ1) is 12.4. The second-order valence-electron chi connectivity index (χ2n) is 2.74. The summed E-state index contributed by atoms with van der Waals surface area (Å²) in [5.74, 6) is 0.942. The molecule has 0 aliphatic heterocycles. The third kappa shape index (κ3) is 2.97. The van der Waals surface area contributed by atoms with Gasteiger partial charge in [-0.15, -0.1) is 23.6 Å². The summed E-state index contributed by atoms with van der Waals surface area (Å²) in [7, 11) is 0. The maximum absolute atomic E-state index is 5.85. The number of hydrogen-bond acceptors (Lipinski definition) is 2. The molecular weight excluding hydrogens is 230 g/mol. The Labute approximate surface area is 89.4 Å². The van der Waals surface area contributed by atoms with E-state index in [9.17, 15) is 0 Å². The molecule has 1 atom stereocenters. The number of rotatable bonds is 4. The number of halogens is 1. The molecule has 1 aromatic rings. The minimum Gasteiger partial charge on any atom is -0.330 e. The predicted octanol–water partition coefficient (Wildman–Crippen LogP) is 2.06. The van der Waals surface area contributed by atoms with Gasteiger partial charge < -0.3 is 10.3 Å². The molecule has 4 heteroatoms. The predicted molar refractivity (Wildman–Crippen MR) is 60.0 cm³/mol. The summed E-state index contributed by atoms with van der Waals surface area (Å²) in [6, 6.07) is 0.0416. The second kappa shape index (κ2) is 5.94. The Kier molecular flexibility index (Phi) is 5.66. The lowest BCUT2D eigenvalue weighted by atomic mass is 10.2. The van der Waals surface area contributed by atoms with Gasteiger partial charge in [0, 0.05) is 18.9 Å². The van der Waals surface area contributed by atoms with Crippen LogP contribution in [-0.4, -0.2) is 9.55 Å².